The number of carbonyl (C=O) groups is 1. The maximum atomic E-state index is 12.0. The van der Waals surface area contributed by atoms with E-state index in [2.05, 4.69) is 0 Å². The molecule has 0 aliphatic heterocycles. The van der Waals surface area contributed by atoms with Gasteiger partial charge < -0.3 is 9.30 Å². The lowest BCUT2D eigenvalue weighted by molar-refractivity contribution is -0.144. The lowest BCUT2D eigenvalue weighted by Gasteiger charge is -2.08. The monoisotopic (exact) mass is 268 g/mol. The molecule has 0 saturated heterocycles. The molecule has 0 N–H and O–H groups in total. The van der Waals surface area contributed by atoms with Crippen molar-refractivity contribution in [2.75, 3.05) is 6.61 Å². The molecule has 0 unspecified atom stereocenters. The fourth-order valence-corrected chi connectivity index (χ4v) is 1.62. The van der Waals surface area contributed by atoms with Crippen molar-refractivity contribution in [3.63, 3.8) is 0 Å². The van der Waals surface area contributed by atoms with Crippen molar-refractivity contribution in [1.82, 2.24) is 9.13 Å². The Morgan fingerprint density at radius 1 is 1.26 bits per heavy atom. The van der Waals surface area contributed by atoms with Crippen LogP contribution < -0.4 is 11.2 Å². The molecule has 106 valence electrons. The minimum absolute atomic E-state index is 0.320. The number of unbranched alkanes of at least 4 members (excludes halogenated alkanes) is 1. The molecule has 1 heterocycles. The third-order valence-electron chi connectivity index (χ3n) is 2.65. The Morgan fingerprint density at radius 3 is 2.63 bits per heavy atom. The van der Waals surface area contributed by atoms with Crippen LogP contribution in [-0.4, -0.2) is 21.7 Å². The summed E-state index contributed by atoms with van der Waals surface area (Å²) in [7, 11) is 0. The van der Waals surface area contributed by atoms with Gasteiger partial charge in [0.25, 0.3) is 5.56 Å². The number of hydrogen-bond acceptors (Lipinski definition) is 4. The van der Waals surface area contributed by atoms with Crippen LogP contribution in [0.3, 0.4) is 0 Å². The van der Waals surface area contributed by atoms with Crippen molar-refractivity contribution < 1.29 is 9.53 Å². The molecule has 19 heavy (non-hydrogen) atoms. The molecule has 6 heteroatoms. The molecule has 0 aliphatic rings. The van der Waals surface area contributed by atoms with E-state index in [-0.39, 0.29) is 6.54 Å². The number of carbonyl (C=O) groups excluding carboxylic acids is 1. The van der Waals surface area contributed by atoms with E-state index in [0.29, 0.717) is 13.2 Å². The molecule has 1 rings (SSSR count). The fraction of sp³-hybridized carbons (Fsp3) is 0.615. The van der Waals surface area contributed by atoms with Gasteiger partial charge in [0.15, 0.2) is 0 Å². The number of rotatable bonds is 7. The van der Waals surface area contributed by atoms with Gasteiger partial charge in [0.05, 0.1) is 6.61 Å². The third kappa shape index (κ3) is 4.39. The summed E-state index contributed by atoms with van der Waals surface area (Å²) in [6.45, 7) is 4.43. The van der Waals surface area contributed by atoms with Crippen molar-refractivity contribution in [2.24, 2.45) is 0 Å². The van der Waals surface area contributed by atoms with E-state index in [0.717, 1.165) is 23.8 Å². The van der Waals surface area contributed by atoms with E-state index in [1.807, 2.05) is 13.8 Å². The molecule has 0 radical (unpaired) electrons. The van der Waals surface area contributed by atoms with E-state index < -0.39 is 17.2 Å². The van der Waals surface area contributed by atoms with Gasteiger partial charge in [-0.2, -0.15) is 0 Å². The Labute approximate surface area is 111 Å². The SMILES string of the molecule is CCCCOC(=O)Cn1c(=O)ccn(CCC)c1=O. The summed E-state index contributed by atoms with van der Waals surface area (Å²) in [6, 6.07) is 1.29. The first-order valence-corrected chi connectivity index (χ1v) is 6.56. The van der Waals surface area contributed by atoms with Crippen LogP contribution in [0, 0.1) is 0 Å². The van der Waals surface area contributed by atoms with Crippen molar-refractivity contribution in [2.45, 2.75) is 46.2 Å². The lowest BCUT2D eigenvalue weighted by atomic mass is 10.4. The Balaban J connectivity index is 2.82. The molecule has 0 aromatic carbocycles. The Morgan fingerprint density at radius 2 is 2.00 bits per heavy atom. The number of aryl methyl sites for hydroxylation is 1. The van der Waals surface area contributed by atoms with E-state index in [4.69, 9.17) is 4.74 Å². The van der Waals surface area contributed by atoms with Gasteiger partial charge in [-0.25, -0.2) is 9.36 Å². The molecule has 0 saturated carbocycles. The van der Waals surface area contributed by atoms with Crippen LogP contribution in [0.1, 0.15) is 33.1 Å². The normalized spacial score (nSPS) is 10.4. The summed E-state index contributed by atoms with van der Waals surface area (Å²) in [4.78, 5) is 35.1. The molecule has 0 fully saturated rings. The second-order valence-electron chi connectivity index (χ2n) is 4.29. The van der Waals surface area contributed by atoms with Crippen LogP contribution in [0.4, 0.5) is 0 Å². The predicted molar refractivity (Wildman–Crippen MR) is 71.1 cm³/mol. The first kappa shape index (κ1) is 15.2. The van der Waals surface area contributed by atoms with Crippen molar-refractivity contribution in [1.29, 1.82) is 0 Å². The first-order chi connectivity index (χ1) is 9.10. The van der Waals surface area contributed by atoms with Crippen LogP contribution in [0.2, 0.25) is 0 Å². The summed E-state index contributed by atoms with van der Waals surface area (Å²) in [6.07, 6.45) is 3.92. The van der Waals surface area contributed by atoms with Crippen LogP contribution in [0.5, 0.6) is 0 Å². The van der Waals surface area contributed by atoms with Gasteiger partial charge in [0.2, 0.25) is 0 Å². The maximum absolute atomic E-state index is 12.0. The molecule has 1 aromatic heterocycles. The number of hydrogen-bond donors (Lipinski definition) is 0. The Hall–Kier alpha value is -1.85. The Bertz CT molecular complexity index is 530. The summed E-state index contributed by atoms with van der Waals surface area (Å²) in [5.41, 5.74) is -0.952. The quantitative estimate of drug-likeness (QED) is 0.541. The summed E-state index contributed by atoms with van der Waals surface area (Å²) in [5.74, 6) is -0.554. The standard InChI is InChI=1S/C13H20N2O4/c1-3-5-9-19-12(17)10-15-11(16)6-8-14(7-4-2)13(15)18/h6,8H,3-5,7,9-10H2,1-2H3. The zero-order chi connectivity index (χ0) is 14.3. The van der Waals surface area contributed by atoms with Gasteiger partial charge in [-0.05, 0) is 12.8 Å². The van der Waals surface area contributed by atoms with Gasteiger partial charge in [-0.3, -0.25) is 9.59 Å². The molecule has 1 aromatic rings. The molecule has 0 bridgehead atoms. The number of aromatic nitrogens is 2. The smallest absolute Gasteiger partial charge is 0.331 e. The van der Waals surface area contributed by atoms with Crippen LogP contribution in [0.15, 0.2) is 21.9 Å². The summed E-state index contributed by atoms with van der Waals surface area (Å²) in [5, 5.41) is 0. The predicted octanol–water partition coefficient (Wildman–Crippen LogP) is 0.763. The molecule has 0 spiro atoms. The lowest BCUT2D eigenvalue weighted by Crippen LogP contribution is -2.41. The largest absolute Gasteiger partial charge is 0.464 e. The number of esters is 1. The van der Waals surface area contributed by atoms with Gasteiger partial charge in [0, 0.05) is 18.8 Å². The van der Waals surface area contributed by atoms with Crippen molar-refractivity contribution >= 4 is 5.97 Å². The van der Waals surface area contributed by atoms with Gasteiger partial charge in [-0.1, -0.05) is 20.3 Å². The van der Waals surface area contributed by atoms with E-state index in [1.54, 1.807) is 0 Å². The van der Waals surface area contributed by atoms with Crippen LogP contribution in [0.25, 0.3) is 0 Å². The highest BCUT2D eigenvalue weighted by atomic mass is 16.5. The third-order valence-corrected chi connectivity index (χ3v) is 2.65. The first-order valence-electron chi connectivity index (χ1n) is 6.56. The number of ether oxygens (including phenoxy) is 1. The van der Waals surface area contributed by atoms with Crippen LogP contribution in [-0.2, 0) is 22.6 Å². The molecular formula is C13H20N2O4. The Kier molecular flexibility index (Phi) is 6.05. The summed E-state index contributed by atoms with van der Waals surface area (Å²) >= 11 is 0. The van der Waals surface area contributed by atoms with Gasteiger partial charge >= 0.3 is 11.7 Å². The zero-order valence-electron chi connectivity index (χ0n) is 11.4. The minimum Gasteiger partial charge on any atom is -0.464 e. The highest BCUT2D eigenvalue weighted by molar-refractivity contribution is 5.69. The highest BCUT2D eigenvalue weighted by Gasteiger charge is 2.10. The molecule has 6 nitrogen and oxygen atoms in total. The fourth-order valence-electron chi connectivity index (χ4n) is 1.62. The molecule has 0 amide bonds. The highest BCUT2D eigenvalue weighted by Crippen LogP contribution is 1.90. The minimum atomic E-state index is -0.554. The van der Waals surface area contributed by atoms with Crippen molar-refractivity contribution in [3.8, 4) is 0 Å². The average molecular weight is 268 g/mol. The second-order valence-corrected chi connectivity index (χ2v) is 4.29. The average Bonchev–Trinajstić information content (AvgIpc) is 2.38. The van der Waals surface area contributed by atoms with Crippen molar-refractivity contribution in [3.05, 3.63) is 33.1 Å². The zero-order valence-corrected chi connectivity index (χ0v) is 11.4. The van der Waals surface area contributed by atoms with E-state index in [9.17, 15) is 14.4 Å². The second kappa shape index (κ2) is 7.56. The van der Waals surface area contributed by atoms with Gasteiger partial charge in [-0.15, -0.1) is 0 Å². The topological polar surface area (TPSA) is 70.3 Å². The molecular weight excluding hydrogens is 248 g/mol. The van der Waals surface area contributed by atoms with E-state index >= 15 is 0 Å². The van der Waals surface area contributed by atoms with Gasteiger partial charge in [0.1, 0.15) is 6.54 Å². The molecule has 0 aliphatic carbocycles. The molecule has 0 atom stereocenters. The van der Waals surface area contributed by atoms with Crippen LogP contribution >= 0.6 is 0 Å². The summed E-state index contributed by atoms with van der Waals surface area (Å²) < 4.78 is 7.27. The van der Waals surface area contributed by atoms with E-state index in [1.165, 1.54) is 16.8 Å². The number of nitrogens with zero attached hydrogens (tertiary/aromatic N) is 2. The maximum Gasteiger partial charge on any atom is 0.331 e.